The van der Waals surface area contributed by atoms with Crippen molar-refractivity contribution >= 4 is 133 Å². The number of carbonyl (C=O) groups is 16. The molecule has 0 radical (unpaired) electrons. The van der Waals surface area contributed by atoms with Crippen molar-refractivity contribution in [3.8, 4) is 5.75 Å². The highest BCUT2D eigenvalue weighted by Gasteiger charge is 2.43. The number of phenols is 1. The van der Waals surface area contributed by atoms with Crippen LogP contribution in [0.3, 0.4) is 0 Å². The minimum atomic E-state index is -2.03. The number of carboxylic acid groups (broad SMARTS) is 1. The molecule has 2 aromatic carbocycles. The lowest BCUT2D eigenvalue weighted by molar-refractivity contribution is -0.144. The van der Waals surface area contributed by atoms with E-state index in [1.807, 2.05) is 0 Å². The SMILES string of the molecule is CC[C@H](C)[C@@H]1NC(=O)CNC(=O)C(CCCN=C(N)N)NC(=O)C(CO)NC(=O)[C@H](CO)NC(=O)[C@H](Cc2ccc(O)cc2)NC(=O)[C@H](CCCCN)NC(=O)[C@@H]2CSSC[C@H](NC1=O)C(=O)N[C@@H](Cc1c[nH]c3ccccc13)C(=O)N[C@@H](CC(=O)O)C(=O)N[C@@H](CCC(N)=O)C(=O)N1CCC[C@H]1C(=O)NC(CC(C)C)C(=O)N2. The van der Waals surface area contributed by atoms with Crippen LogP contribution in [-0.4, -0.2) is 260 Å². The third-order valence-corrected chi connectivity index (χ3v) is 21.5. The number of guanidine groups is 1. The number of aliphatic hydroxyl groups is 2. The predicted octanol–water partition coefficient (Wildman–Crippen LogP) is -6.01. The summed E-state index contributed by atoms with van der Waals surface area (Å²) in [6.45, 7) is 3.37. The van der Waals surface area contributed by atoms with Crippen molar-refractivity contribution < 1.29 is 97.1 Å². The monoisotopic (exact) mass is 1630 g/mol. The van der Waals surface area contributed by atoms with Gasteiger partial charge < -0.3 is 122 Å². The molecule has 6 rings (SSSR count). The lowest BCUT2D eigenvalue weighted by Crippen LogP contribution is -2.62. The fourth-order valence-electron chi connectivity index (χ4n) is 12.7. The number of aliphatic hydroxyl groups excluding tert-OH is 2. The van der Waals surface area contributed by atoms with Crippen LogP contribution < -0.4 is 92.1 Å². The third kappa shape index (κ3) is 28.7. The van der Waals surface area contributed by atoms with E-state index in [1.54, 1.807) is 52.0 Å². The number of hydrogen-bond donors (Lipinski definition) is 22. The summed E-state index contributed by atoms with van der Waals surface area (Å²) in [4.78, 5) is 239. The highest BCUT2D eigenvalue weighted by atomic mass is 33.1. The van der Waals surface area contributed by atoms with Crippen molar-refractivity contribution in [3.63, 3.8) is 0 Å². The number of aromatic hydroxyl groups is 1. The Morgan fingerprint density at radius 3 is 1.68 bits per heavy atom. The van der Waals surface area contributed by atoms with Gasteiger partial charge in [0, 0.05) is 61.0 Å². The standard InChI is InChI=1S/C72H106N20O20S2/c1-5-37(4)58-70(111)90-53-35-114-113-34-52(67(108)81-44(14-8-9-23-73)60(101)83-47(27-38-17-19-40(95)20-18-38)62(103)87-51(33-94)66(107)88-50(32-93)65(106)80-43(15-10-24-77-72(75)76)59(100)79-31-56(97)91-58)89-61(102)46(26-36(2)3)86-69(110)54-16-11-25-92(54)71(112)45(21-22-55(74)96)82-64(105)49(29-57(98)99)85-63(104)48(84-68(53)109)28-39-30-78-42-13-7-6-12-41(39)42/h6-7,12-13,17-20,30,36-37,43-54,58,78,93-95H,5,8-11,14-16,21-29,31-35,73H2,1-4H3,(H2,74,96)(H,79,100)(H,80,106)(H,81,108)(H,82,105)(H,83,101)(H,84,109)(H,85,104)(H,86,110)(H,87,103)(H,88,107)(H,89,102)(H,90,111)(H,91,97)(H,98,99)(H4,75,76,77)/t37-,43?,44-,45-,46?,47-,48-,49-,50?,51-,52-,53-,54-,58-/m0/s1. The summed E-state index contributed by atoms with van der Waals surface area (Å²) < 4.78 is 0. The summed E-state index contributed by atoms with van der Waals surface area (Å²) in [5.41, 5.74) is 23.8. The predicted molar refractivity (Wildman–Crippen MR) is 416 cm³/mol. The third-order valence-electron chi connectivity index (χ3n) is 19.1. The molecule has 1 aromatic heterocycles. The second-order valence-electron chi connectivity index (χ2n) is 28.3. The number of aliphatic imine (C=N–C) groups is 1. The first-order valence-electron chi connectivity index (χ1n) is 37.5. The van der Waals surface area contributed by atoms with Crippen LogP contribution in [-0.2, 0) is 89.6 Å². The Bertz CT molecular complexity index is 3940. The van der Waals surface area contributed by atoms with E-state index in [0.29, 0.717) is 22.0 Å². The number of benzene rings is 2. The zero-order valence-electron chi connectivity index (χ0n) is 63.8. The summed E-state index contributed by atoms with van der Waals surface area (Å²) in [6.07, 6.45) is -1.22. The average Bonchev–Trinajstić information content (AvgIpc) is 1.69. The number of aromatic amines is 1. The number of unbranched alkanes of at least 4 members (excludes halogenated alkanes) is 1. The summed E-state index contributed by atoms with van der Waals surface area (Å²) in [6, 6.07) is -10.0. The number of rotatable bonds is 23. The van der Waals surface area contributed by atoms with E-state index < -0.39 is 242 Å². The molecule has 40 nitrogen and oxygen atoms in total. The molecule has 14 atom stereocenters. The van der Waals surface area contributed by atoms with Crippen LogP contribution in [0.25, 0.3) is 10.9 Å². The Kier molecular flexibility index (Phi) is 36.9. The van der Waals surface area contributed by atoms with E-state index in [1.165, 1.54) is 30.5 Å². The molecule has 3 aromatic rings. The quantitative estimate of drug-likeness (QED) is 0.0182. The number of H-pyrrole nitrogens is 1. The van der Waals surface area contributed by atoms with E-state index in [0.717, 1.165) is 26.5 Å². The van der Waals surface area contributed by atoms with Gasteiger partial charge in [-0.25, -0.2) is 0 Å². The fourth-order valence-corrected chi connectivity index (χ4v) is 15.0. The first-order chi connectivity index (χ1) is 54.2. The van der Waals surface area contributed by atoms with Gasteiger partial charge in [-0.2, -0.15) is 0 Å². The summed E-state index contributed by atoms with van der Waals surface area (Å²) in [7, 11) is 1.65. The molecule has 626 valence electrons. The lowest BCUT2D eigenvalue weighted by Gasteiger charge is -2.31. The molecule has 26 N–H and O–H groups in total. The van der Waals surface area contributed by atoms with E-state index >= 15 is 24.0 Å². The molecule has 3 aliphatic rings. The van der Waals surface area contributed by atoms with E-state index in [2.05, 4.69) is 79.1 Å². The Balaban J connectivity index is 1.55. The number of nitrogens with zero attached hydrogens (tertiary/aromatic N) is 2. The highest BCUT2D eigenvalue weighted by molar-refractivity contribution is 8.76. The van der Waals surface area contributed by atoms with E-state index in [4.69, 9.17) is 22.9 Å². The van der Waals surface area contributed by atoms with Crippen LogP contribution in [0.4, 0.5) is 0 Å². The number of carbonyl (C=O) groups excluding carboxylic acids is 15. The minimum Gasteiger partial charge on any atom is -0.508 e. The average molecular weight is 1640 g/mol. The molecule has 114 heavy (non-hydrogen) atoms. The van der Waals surface area contributed by atoms with Crippen LogP contribution in [0, 0.1) is 11.8 Å². The number of phenolic OH excluding ortho intramolecular Hbond substituents is 1. The normalized spacial score (nSPS) is 25.5. The topological polar surface area (TPSA) is 646 Å². The van der Waals surface area contributed by atoms with Gasteiger partial charge in [-0.3, -0.25) is 81.7 Å². The van der Waals surface area contributed by atoms with Crippen molar-refractivity contribution in [3.05, 3.63) is 65.9 Å². The Morgan fingerprint density at radius 1 is 0.570 bits per heavy atom. The molecule has 15 amide bonds. The zero-order valence-corrected chi connectivity index (χ0v) is 65.4. The van der Waals surface area contributed by atoms with Crippen molar-refractivity contribution in [1.82, 2.24) is 79.0 Å². The first kappa shape index (κ1) is 92.0. The molecule has 3 fully saturated rings. The number of nitrogens with one attached hydrogen (secondary N) is 14. The number of primary amides is 1. The molecule has 42 heteroatoms. The van der Waals surface area contributed by atoms with Gasteiger partial charge in [0.25, 0.3) is 0 Å². The largest absolute Gasteiger partial charge is 0.508 e. The van der Waals surface area contributed by atoms with Crippen LogP contribution in [0.15, 0.2) is 59.7 Å². The number of aliphatic carboxylic acids is 1. The second-order valence-corrected chi connectivity index (χ2v) is 30.9. The maximum Gasteiger partial charge on any atom is 0.305 e. The molecule has 0 saturated carbocycles. The summed E-state index contributed by atoms with van der Waals surface area (Å²) in [5.74, 6) is -20.3. The maximum absolute atomic E-state index is 15.4. The van der Waals surface area contributed by atoms with Crippen LogP contribution in [0.5, 0.6) is 5.75 Å². The van der Waals surface area contributed by atoms with E-state index in [-0.39, 0.29) is 95.0 Å². The smallest absolute Gasteiger partial charge is 0.305 e. The number of amides is 15. The van der Waals surface area contributed by atoms with Gasteiger partial charge in [0.15, 0.2) is 5.96 Å². The Labute approximate surface area is 664 Å². The maximum atomic E-state index is 15.4. The van der Waals surface area contributed by atoms with Gasteiger partial charge in [-0.1, -0.05) is 86.0 Å². The summed E-state index contributed by atoms with van der Waals surface area (Å²) in [5, 5.41) is 74.9. The molecule has 3 unspecified atom stereocenters. The van der Waals surface area contributed by atoms with Gasteiger partial charge in [0.1, 0.15) is 84.3 Å². The molecule has 0 spiro atoms. The number of aromatic nitrogens is 1. The molecular formula is C72H106N20O20S2. The van der Waals surface area contributed by atoms with Gasteiger partial charge in [-0.05, 0) is 105 Å². The number of carboxylic acids is 1. The molecule has 3 saturated heterocycles. The van der Waals surface area contributed by atoms with Crippen LogP contribution in [0.2, 0.25) is 0 Å². The molecule has 4 heterocycles. The Morgan fingerprint density at radius 2 is 1.09 bits per heavy atom. The number of fused-ring (bicyclic) bond motifs is 7. The van der Waals surface area contributed by atoms with Gasteiger partial charge in [0.05, 0.1) is 26.2 Å². The number of nitrogens with two attached hydrogens (primary N) is 4. The number of para-hydroxylation sites is 1. The van der Waals surface area contributed by atoms with Crippen LogP contribution >= 0.6 is 21.6 Å². The number of hydrogen-bond acceptors (Lipinski definition) is 23. The molecule has 0 aliphatic carbocycles. The van der Waals surface area contributed by atoms with Crippen molar-refractivity contribution in [1.29, 1.82) is 0 Å². The van der Waals surface area contributed by atoms with Gasteiger partial charge in [0.2, 0.25) is 88.6 Å². The summed E-state index contributed by atoms with van der Waals surface area (Å²) >= 11 is 0. The van der Waals surface area contributed by atoms with Crippen LogP contribution in [0.1, 0.15) is 116 Å². The molecule has 2 bridgehead atoms. The van der Waals surface area contributed by atoms with Crippen molar-refractivity contribution in [2.75, 3.05) is 50.9 Å². The zero-order chi connectivity index (χ0) is 83.9. The highest BCUT2D eigenvalue weighted by Crippen LogP contribution is 2.27. The van der Waals surface area contributed by atoms with Gasteiger partial charge in [-0.15, -0.1) is 0 Å². The molecular weight excluding hydrogens is 1530 g/mol. The van der Waals surface area contributed by atoms with Crippen molar-refractivity contribution in [2.45, 2.75) is 196 Å². The van der Waals surface area contributed by atoms with Gasteiger partial charge >= 0.3 is 5.97 Å². The van der Waals surface area contributed by atoms with E-state index in [9.17, 15) is 73.2 Å². The Hall–Kier alpha value is -10.8. The first-order valence-corrected chi connectivity index (χ1v) is 40.0. The second kappa shape index (κ2) is 45.7. The minimum absolute atomic E-state index is 0.000838. The lowest BCUT2D eigenvalue weighted by atomic mass is 9.98. The van der Waals surface area contributed by atoms with Crippen molar-refractivity contribution in [2.24, 2.45) is 39.8 Å². The fraction of sp³-hybridized carbons (Fsp3) is 0.569. The molecule has 3 aliphatic heterocycles.